The molecule has 0 bridgehead atoms. The number of nitrogens with zero attached hydrogens (tertiary/aromatic N) is 2. The van der Waals surface area contributed by atoms with E-state index in [4.69, 9.17) is 4.74 Å². The molecule has 0 saturated carbocycles. The minimum atomic E-state index is -3.99. The van der Waals surface area contributed by atoms with E-state index in [9.17, 15) is 23.3 Å². The highest BCUT2D eigenvalue weighted by Crippen LogP contribution is 2.36. The van der Waals surface area contributed by atoms with Gasteiger partial charge in [-0.05, 0) is 30.5 Å². The Labute approximate surface area is 175 Å². The molecule has 1 atom stereocenters. The molecule has 0 aliphatic carbocycles. The number of nitrogens with one attached hydrogen (secondary N) is 1. The summed E-state index contributed by atoms with van der Waals surface area (Å²) in [5, 5.41) is 14.0. The average Bonchev–Trinajstić information content (AvgIpc) is 2.70. The number of rotatable bonds is 9. The maximum absolute atomic E-state index is 13.1. The molecular formula is C20H25N3O6S. The molecule has 10 heteroatoms. The molecule has 1 N–H and O–H groups in total. The maximum Gasteiger partial charge on any atom is 0.271 e. The standard InChI is InChI=1S/C20H25N3O6S/c1-5-14-9-7-8-10-16(14)21-20(24)17(6-2)22(30(4,27)28)18-13-15(23(25)26)11-12-19(18)29-3/h7-13,17H,5-6H2,1-4H3,(H,21,24). The number of methoxy groups -OCH3 is 1. The van der Waals surface area contributed by atoms with Crippen molar-refractivity contribution in [2.45, 2.75) is 32.7 Å². The van der Waals surface area contributed by atoms with Crippen molar-refractivity contribution in [3.8, 4) is 5.75 Å². The maximum atomic E-state index is 13.1. The fourth-order valence-electron chi connectivity index (χ4n) is 3.17. The summed E-state index contributed by atoms with van der Waals surface area (Å²) in [6.45, 7) is 3.61. The van der Waals surface area contributed by atoms with Crippen LogP contribution in [0.2, 0.25) is 0 Å². The number of hydrogen-bond acceptors (Lipinski definition) is 6. The lowest BCUT2D eigenvalue weighted by molar-refractivity contribution is -0.384. The van der Waals surface area contributed by atoms with Crippen molar-refractivity contribution in [1.29, 1.82) is 0 Å². The third kappa shape index (κ3) is 5.07. The Morgan fingerprint density at radius 3 is 2.43 bits per heavy atom. The molecule has 2 aromatic carbocycles. The molecule has 162 valence electrons. The Morgan fingerprint density at radius 1 is 1.23 bits per heavy atom. The van der Waals surface area contributed by atoms with Gasteiger partial charge in [-0.2, -0.15) is 0 Å². The van der Waals surface area contributed by atoms with E-state index in [1.54, 1.807) is 19.1 Å². The number of carbonyl (C=O) groups excluding carboxylic acids is 1. The number of ether oxygens (including phenoxy) is 1. The predicted octanol–water partition coefficient (Wildman–Crippen LogP) is 3.35. The van der Waals surface area contributed by atoms with Gasteiger partial charge in [0.15, 0.2) is 0 Å². The second-order valence-corrected chi connectivity index (χ2v) is 8.46. The molecule has 2 rings (SSSR count). The number of amides is 1. The summed E-state index contributed by atoms with van der Waals surface area (Å²) in [5.74, 6) is -0.441. The highest BCUT2D eigenvalue weighted by Gasteiger charge is 2.34. The number of sulfonamides is 1. The molecule has 0 heterocycles. The first-order valence-corrected chi connectivity index (χ1v) is 11.2. The zero-order valence-electron chi connectivity index (χ0n) is 17.3. The van der Waals surface area contributed by atoms with Crippen LogP contribution >= 0.6 is 0 Å². The van der Waals surface area contributed by atoms with Gasteiger partial charge in [-0.1, -0.05) is 32.0 Å². The molecule has 0 aliphatic rings. The third-order valence-electron chi connectivity index (χ3n) is 4.60. The Bertz CT molecular complexity index is 1040. The van der Waals surface area contributed by atoms with Gasteiger partial charge < -0.3 is 10.1 Å². The van der Waals surface area contributed by atoms with Gasteiger partial charge in [-0.25, -0.2) is 8.42 Å². The Morgan fingerprint density at radius 2 is 1.90 bits per heavy atom. The summed E-state index contributed by atoms with van der Waals surface area (Å²) >= 11 is 0. The molecule has 2 aromatic rings. The molecule has 9 nitrogen and oxygen atoms in total. The van der Waals surface area contributed by atoms with Gasteiger partial charge in [-0.3, -0.25) is 19.2 Å². The van der Waals surface area contributed by atoms with Gasteiger partial charge >= 0.3 is 0 Å². The molecule has 0 fully saturated rings. The molecule has 1 unspecified atom stereocenters. The molecule has 0 spiro atoms. The van der Waals surface area contributed by atoms with E-state index in [1.807, 2.05) is 19.1 Å². The van der Waals surface area contributed by atoms with Crippen molar-refractivity contribution >= 4 is 33.0 Å². The van der Waals surface area contributed by atoms with E-state index >= 15 is 0 Å². The number of non-ortho nitro benzene ring substituents is 1. The summed E-state index contributed by atoms with van der Waals surface area (Å²) in [7, 11) is -2.66. The van der Waals surface area contributed by atoms with Crippen LogP contribution in [0.5, 0.6) is 5.75 Å². The highest BCUT2D eigenvalue weighted by atomic mass is 32.2. The van der Waals surface area contributed by atoms with E-state index in [0.29, 0.717) is 12.1 Å². The van der Waals surface area contributed by atoms with Crippen LogP contribution in [-0.4, -0.2) is 38.7 Å². The van der Waals surface area contributed by atoms with Crippen molar-refractivity contribution in [2.24, 2.45) is 0 Å². The number of aryl methyl sites for hydroxylation is 1. The van der Waals surface area contributed by atoms with E-state index in [1.165, 1.54) is 19.2 Å². The van der Waals surface area contributed by atoms with Crippen molar-refractivity contribution in [3.05, 3.63) is 58.1 Å². The summed E-state index contributed by atoms with van der Waals surface area (Å²) in [5.41, 5.74) is 1.11. The lowest BCUT2D eigenvalue weighted by atomic mass is 10.1. The first kappa shape index (κ1) is 23.1. The fourth-order valence-corrected chi connectivity index (χ4v) is 4.37. The largest absolute Gasteiger partial charge is 0.495 e. The van der Waals surface area contributed by atoms with Crippen LogP contribution in [0.25, 0.3) is 0 Å². The molecule has 1 amide bonds. The minimum absolute atomic E-state index is 0.0695. The van der Waals surface area contributed by atoms with Crippen LogP contribution in [0.4, 0.5) is 17.1 Å². The predicted molar refractivity (Wildman–Crippen MR) is 115 cm³/mol. The third-order valence-corrected chi connectivity index (χ3v) is 5.76. The summed E-state index contributed by atoms with van der Waals surface area (Å²) in [6.07, 6.45) is 1.77. The monoisotopic (exact) mass is 435 g/mol. The molecule has 0 radical (unpaired) electrons. The van der Waals surface area contributed by atoms with Gasteiger partial charge in [0.2, 0.25) is 15.9 Å². The van der Waals surface area contributed by atoms with Gasteiger partial charge in [-0.15, -0.1) is 0 Å². The fraction of sp³-hybridized carbons (Fsp3) is 0.350. The second kappa shape index (κ2) is 9.57. The second-order valence-electron chi connectivity index (χ2n) is 6.60. The van der Waals surface area contributed by atoms with Gasteiger partial charge in [0.1, 0.15) is 17.5 Å². The Hall–Kier alpha value is -3.14. The van der Waals surface area contributed by atoms with Crippen molar-refractivity contribution in [1.82, 2.24) is 0 Å². The number of hydrogen-bond donors (Lipinski definition) is 1. The lowest BCUT2D eigenvalue weighted by Gasteiger charge is -2.31. The van der Waals surface area contributed by atoms with Crippen molar-refractivity contribution in [2.75, 3.05) is 23.0 Å². The summed E-state index contributed by atoms with van der Waals surface area (Å²) < 4.78 is 31.5. The number of para-hydroxylation sites is 1. The normalized spacial score (nSPS) is 12.1. The average molecular weight is 436 g/mol. The molecular weight excluding hydrogens is 410 g/mol. The van der Waals surface area contributed by atoms with Crippen LogP contribution < -0.4 is 14.4 Å². The van der Waals surface area contributed by atoms with Crippen LogP contribution in [0.1, 0.15) is 25.8 Å². The summed E-state index contributed by atoms with van der Waals surface area (Å²) in [4.78, 5) is 23.7. The minimum Gasteiger partial charge on any atom is -0.495 e. The topological polar surface area (TPSA) is 119 Å². The Kier molecular flexibility index (Phi) is 7.38. The smallest absolute Gasteiger partial charge is 0.271 e. The van der Waals surface area contributed by atoms with Crippen LogP contribution in [0.15, 0.2) is 42.5 Å². The first-order chi connectivity index (χ1) is 14.1. The highest BCUT2D eigenvalue weighted by molar-refractivity contribution is 7.92. The van der Waals surface area contributed by atoms with Gasteiger partial charge in [0.25, 0.3) is 5.69 Å². The molecule has 0 aliphatic heterocycles. The van der Waals surface area contributed by atoms with Crippen molar-refractivity contribution < 1.29 is 22.9 Å². The van der Waals surface area contributed by atoms with Crippen LogP contribution in [0.3, 0.4) is 0 Å². The van der Waals surface area contributed by atoms with Crippen LogP contribution in [0, 0.1) is 10.1 Å². The zero-order chi connectivity index (χ0) is 22.5. The quantitative estimate of drug-likeness (QED) is 0.477. The number of carbonyl (C=O) groups is 1. The number of anilines is 2. The summed E-state index contributed by atoms with van der Waals surface area (Å²) in [6, 6.07) is 9.70. The van der Waals surface area contributed by atoms with E-state index in [0.717, 1.165) is 22.2 Å². The van der Waals surface area contributed by atoms with E-state index in [2.05, 4.69) is 5.32 Å². The van der Waals surface area contributed by atoms with E-state index < -0.39 is 26.9 Å². The van der Waals surface area contributed by atoms with Gasteiger partial charge in [0, 0.05) is 17.8 Å². The lowest BCUT2D eigenvalue weighted by Crippen LogP contribution is -2.47. The number of nitro benzene ring substituents is 1. The van der Waals surface area contributed by atoms with Gasteiger partial charge in [0.05, 0.1) is 18.3 Å². The Balaban J connectivity index is 2.56. The first-order valence-electron chi connectivity index (χ1n) is 9.34. The molecule has 0 aromatic heterocycles. The molecule has 0 saturated heterocycles. The van der Waals surface area contributed by atoms with E-state index in [-0.39, 0.29) is 23.5 Å². The zero-order valence-corrected chi connectivity index (χ0v) is 18.1. The SMILES string of the molecule is CCc1ccccc1NC(=O)C(CC)N(c1cc([N+](=O)[O-])ccc1OC)S(C)(=O)=O. The number of benzene rings is 2. The number of nitro groups is 1. The van der Waals surface area contributed by atoms with Crippen molar-refractivity contribution in [3.63, 3.8) is 0 Å². The van der Waals surface area contributed by atoms with Crippen LogP contribution in [-0.2, 0) is 21.2 Å². The molecule has 30 heavy (non-hydrogen) atoms.